The maximum atomic E-state index is 11.4. The lowest BCUT2D eigenvalue weighted by atomic mass is 10.0. The Kier molecular flexibility index (Phi) is 4.87. The molecule has 0 saturated carbocycles. The van der Waals surface area contributed by atoms with Crippen LogP contribution < -0.4 is 5.32 Å². The molecule has 1 aromatic rings. The molecular formula is C13H18N2O2S. The number of carbonyl (C=O) groups excluding carboxylic acids is 1. The van der Waals surface area contributed by atoms with E-state index in [0.717, 1.165) is 18.3 Å². The molecule has 0 radical (unpaired) electrons. The van der Waals surface area contributed by atoms with Gasteiger partial charge in [-0.05, 0) is 42.4 Å². The van der Waals surface area contributed by atoms with Gasteiger partial charge in [0, 0.05) is 12.7 Å². The van der Waals surface area contributed by atoms with Gasteiger partial charge in [0.05, 0.1) is 12.7 Å². The summed E-state index contributed by atoms with van der Waals surface area (Å²) in [5.74, 6) is 3.64. The lowest BCUT2D eigenvalue weighted by molar-refractivity contribution is 0.0600. The van der Waals surface area contributed by atoms with Crippen LogP contribution in [-0.4, -0.2) is 36.1 Å². The van der Waals surface area contributed by atoms with Crippen LogP contribution in [0.1, 0.15) is 23.2 Å². The van der Waals surface area contributed by atoms with Gasteiger partial charge in [-0.25, -0.2) is 9.78 Å². The van der Waals surface area contributed by atoms with E-state index in [1.54, 1.807) is 18.3 Å². The van der Waals surface area contributed by atoms with Crippen LogP contribution in [0.5, 0.6) is 0 Å². The molecule has 0 bridgehead atoms. The average molecular weight is 266 g/mol. The molecule has 98 valence electrons. The molecule has 0 unspecified atom stereocenters. The molecule has 1 N–H and O–H groups in total. The van der Waals surface area contributed by atoms with Crippen LogP contribution in [0.25, 0.3) is 0 Å². The van der Waals surface area contributed by atoms with Gasteiger partial charge in [-0.2, -0.15) is 11.8 Å². The number of anilines is 1. The van der Waals surface area contributed by atoms with E-state index < -0.39 is 0 Å². The number of ether oxygens (including phenoxy) is 1. The molecule has 18 heavy (non-hydrogen) atoms. The Morgan fingerprint density at radius 2 is 2.33 bits per heavy atom. The highest BCUT2D eigenvalue weighted by molar-refractivity contribution is 7.99. The Morgan fingerprint density at radius 1 is 1.56 bits per heavy atom. The van der Waals surface area contributed by atoms with Gasteiger partial charge in [-0.3, -0.25) is 0 Å². The van der Waals surface area contributed by atoms with Crippen molar-refractivity contribution in [2.75, 3.05) is 30.5 Å². The summed E-state index contributed by atoms with van der Waals surface area (Å²) in [6.45, 7) is 0.929. The molecule has 0 amide bonds. The number of hydrogen-bond acceptors (Lipinski definition) is 5. The monoisotopic (exact) mass is 266 g/mol. The van der Waals surface area contributed by atoms with Gasteiger partial charge < -0.3 is 10.1 Å². The number of hydrogen-bond donors (Lipinski definition) is 1. The highest BCUT2D eigenvalue weighted by Crippen LogP contribution is 2.22. The Balaban J connectivity index is 1.90. The lowest BCUT2D eigenvalue weighted by Crippen LogP contribution is -2.19. The Hall–Kier alpha value is -1.23. The van der Waals surface area contributed by atoms with Crippen molar-refractivity contribution >= 4 is 23.5 Å². The molecule has 0 aliphatic carbocycles. The molecule has 4 nitrogen and oxygen atoms in total. The second kappa shape index (κ2) is 6.64. The molecule has 2 rings (SSSR count). The lowest BCUT2D eigenvalue weighted by Gasteiger charge is -2.21. The zero-order chi connectivity index (χ0) is 12.8. The number of carbonyl (C=O) groups is 1. The van der Waals surface area contributed by atoms with Gasteiger partial charge in [0.2, 0.25) is 0 Å². The molecular weight excluding hydrogens is 248 g/mol. The molecule has 1 aromatic heterocycles. The van der Waals surface area contributed by atoms with E-state index in [9.17, 15) is 4.79 Å². The van der Waals surface area contributed by atoms with Gasteiger partial charge in [0.1, 0.15) is 5.82 Å². The molecule has 0 atom stereocenters. The minimum absolute atomic E-state index is 0.325. The highest BCUT2D eigenvalue weighted by Gasteiger charge is 2.13. The minimum Gasteiger partial charge on any atom is -0.465 e. The van der Waals surface area contributed by atoms with Crippen molar-refractivity contribution in [3.63, 3.8) is 0 Å². The fraction of sp³-hybridized carbons (Fsp3) is 0.538. The Morgan fingerprint density at radius 3 is 3.06 bits per heavy atom. The number of thioether (sulfide) groups is 1. The summed E-state index contributed by atoms with van der Waals surface area (Å²) in [6.07, 6.45) is 4.15. The van der Waals surface area contributed by atoms with Crippen molar-refractivity contribution in [1.29, 1.82) is 0 Å². The van der Waals surface area contributed by atoms with Crippen molar-refractivity contribution in [3.05, 3.63) is 23.9 Å². The summed E-state index contributed by atoms with van der Waals surface area (Å²) >= 11 is 2.03. The zero-order valence-electron chi connectivity index (χ0n) is 10.5. The van der Waals surface area contributed by atoms with Crippen LogP contribution >= 0.6 is 11.8 Å². The number of esters is 1. The molecule has 0 aromatic carbocycles. The van der Waals surface area contributed by atoms with Crippen LogP contribution in [-0.2, 0) is 4.74 Å². The van der Waals surface area contributed by atoms with Gasteiger partial charge in [0.25, 0.3) is 0 Å². The van der Waals surface area contributed by atoms with E-state index in [0.29, 0.717) is 5.56 Å². The SMILES string of the molecule is COC(=O)c1ccnc(NCC2CCSCC2)c1. The van der Waals surface area contributed by atoms with Crippen LogP contribution in [0, 0.1) is 5.92 Å². The summed E-state index contributed by atoms with van der Waals surface area (Å²) in [6, 6.07) is 3.40. The summed E-state index contributed by atoms with van der Waals surface area (Å²) < 4.78 is 4.69. The van der Waals surface area contributed by atoms with Crippen molar-refractivity contribution in [3.8, 4) is 0 Å². The third-order valence-corrected chi connectivity index (χ3v) is 4.14. The highest BCUT2D eigenvalue weighted by atomic mass is 32.2. The van der Waals surface area contributed by atoms with Crippen molar-refractivity contribution in [2.45, 2.75) is 12.8 Å². The number of rotatable bonds is 4. The van der Waals surface area contributed by atoms with Crippen molar-refractivity contribution in [2.24, 2.45) is 5.92 Å². The van der Waals surface area contributed by atoms with Gasteiger partial charge in [0.15, 0.2) is 0 Å². The molecule has 2 heterocycles. The minimum atomic E-state index is -0.325. The Labute approximate surface area is 112 Å². The topological polar surface area (TPSA) is 51.2 Å². The standard InChI is InChI=1S/C13H18N2O2S/c1-17-13(16)11-2-5-14-12(8-11)15-9-10-3-6-18-7-4-10/h2,5,8,10H,3-4,6-7,9H2,1H3,(H,14,15). The first kappa shape index (κ1) is 13.2. The van der Waals surface area contributed by atoms with E-state index in [4.69, 9.17) is 0 Å². The maximum Gasteiger partial charge on any atom is 0.338 e. The van der Waals surface area contributed by atoms with Gasteiger partial charge in [-0.15, -0.1) is 0 Å². The van der Waals surface area contributed by atoms with E-state index in [2.05, 4.69) is 15.0 Å². The molecule has 1 saturated heterocycles. The quantitative estimate of drug-likeness (QED) is 0.848. The van der Waals surface area contributed by atoms with E-state index >= 15 is 0 Å². The first-order valence-corrected chi connectivity index (χ1v) is 7.31. The fourth-order valence-corrected chi connectivity index (χ4v) is 3.18. The summed E-state index contributed by atoms with van der Waals surface area (Å²) in [5.41, 5.74) is 0.536. The first-order chi connectivity index (χ1) is 8.79. The second-order valence-electron chi connectivity index (χ2n) is 4.36. The average Bonchev–Trinajstić information content (AvgIpc) is 2.45. The van der Waals surface area contributed by atoms with E-state index in [1.807, 2.05) is 11.8 Å². The third kappa shape index (κ3) is 3.63. The predicted octanol–water partition coefficient (Wildman–Crippen LogP) is 2.42. The predicted molar refractivity (Wildman–Crippen MR) is 74.1 cm³/mol. The zero-order valence-corrected chi connectivity index (χ0v) is 11.3. The normalized spacial score (nSPS) is 16.3. The first-order valence-electron chi connectivity index (χ1n) is 6.15. The number of methoxy groups -OCH3 is 1. The van der Waals surface area contributed by atoms with Gasteiger partial charge in [-0.1, -0.05) is 0 Å². The van der Waals surface area contributed by atoms with E-state index in [-0.39, 0.29) is 5.97 Å². The number of pyridine rings is 1. The van der Waals surface area contributed by atoms with E-state index in [1.165, 1.54) is 31.5 Å². The number of aromatic nitrogens is 1. The summed E-state index contributed by atoms with van der Waals surface area (Å²) in [4.78, 5) is 15.6. The molecule has 5 heteroatoms. The number of nitrogens with one attached hydrogen (secondary N) is 1. The summed E-state index contributed by atoms with van der Waals surface area (Å²) in [5, 5.41) is 3.31. The van der Waals surface area contributed by atoms with Gasteiger partial charge >= 0.3 is 5.97 Å². The maximum absolute atomic E-state index is 11.4. The smallest absolute Gasteiger partial charge is 0.338 e. The largest absolute Gasteiger partial charge is 0.465 e. The second-order valence-corrected chi connectivity index (χ2v) is 5.58. The van der Waals surface area contributed by atoms with Crippen LogP contribution in [0.15, 0.2) is 18.3 Å². The Bertz CT molecular complexity index is 406. The molecule has 1 fully saturated rings. The van der Waals surface area contributed by atoms with Crippen molar-refractivity contribution in [1.82, 2.24) is 4.98 Å². The number of nitrogens with zero attached hydrogens (tertiary/aromatic N) is 1. The fourth-order valence-electron chi connectivity index (χ4n) is 1.97. The van der Waals surface area contributed by atoms with Crippen molar-refractivity contribution < 1.29 is 9.53 Å². The van der Waals surface area contributed by atoms with Crippen LogP contribution in [0.3, 0.4) is 0 Å². The van der Waals surface area contributed by atoms with Crippen LogP contribution in [0.4, 0.5) is 5.82 Å². The van der Waals surface area contributed by atoms with Crippen LogP contribution in [0.2, 0.25) is 0 Å². The third-order valence-electron chi connectivity index (χ3n) is 3.09. The molecule has 0 spiro atoms. The molecule has 1 aliphatic rings. The summed E-state index contributed by atoms with van der Waals surface area (Å²) in [7, 11) is 1.38. The molecule has 1 aliphatic heterocycles.